The lowest BCUT2D eigenvalue weighted by Gasteiger charge is -2.03. The van der Waals surface area contributed by atoms with Crippen LogP contribution < -0.4 is 11.1 Å². The van der Waals surface area contributed by atoms with Crippen LogP contribution in [0, 0.1) is 0 Å². The zero-order valence-corrected chi connectivity index (χ0v) is 5.89. The van der Waals surface area contributed by atoms with Crippen LogP contribution in [-0.4, -0.2) is 19.8 Å². The summed E-state index contributed by atoms with van der Waals surface area (Å²) in [6, 6.07) is -0.0463. The van der Waals surface area contributed by atoms with E-state index in [-0.39, 0.29) is 6.04 Å². The van der Waals surface area contributed by atoms with E-state index < -0.39 is 0 Å². The van der Waals surface area contributed by atoms with Gasteiger partial charge in [-0.2, -0.15) is 0 Å². The van der Waals surface area contributed by atoms with E-state index in [1.54, 1.807) is 13.2 Å². The van der Waals surface area contributed by atoms with Crippen molar-refractivity contribution in [3.63, 3.8) is 0 Å². The standard InChI is InChI=1S/C6H13N3/c1-5(7)6(9-3)4-8-2/h4-5,8H,3,7H2,1-2H3/b6-4-. The van der Waals surface area contributed by atoms with Crippen LogP contribution in [0.15, 0.2) is 16.9 Å². The van der Waals surface area contributed by atoms with Gasteiger partial charge < -0.3 is 11.1 Å². The van der Waals surface area contributed by atoms with Crippen LogP contribution in [0.4, 0.5) is 0 Å². The van der Waals surface area contributed by atoms with Crippen LogP contribution in [0.2, 0.25) is 0 Å². The van der Waals surface area contributed by atoms with Gasteiger partial charge in [-0.1, -0.05) is 0 Å². The minimum Gasteiger partial charge on any atom is -0.392 e. The molecule has 0 saturated carbocycles. The Labute approximate surface area is 55.7 Å². The Hall–Kier alpha value is -0.830. The lowest BCUT2D eigenvalue weighted by molar-refractivity contribution is 0.833. The van der Waals surface area contributed by atoms with Gasteiger partial charge in [-0.15, -0.1) is 0 Å². The predicted molar refractivity (Wildman–Crippen MR) is 40.3 cm³/mol. The molecule has 52 valence electrons. The number of nitrogens with one attached hydrogen (secondary N) is 1. The van der Waals surface area contributed by atoms with E-state index in [0.717, 1.165) is 5.70 Å². The van der Waals surface area contributed by atoms with E-state index in [2.05, 4.69) is 17.0 Å². The second-order valence-corrected chi connectivity index (χ2v) is 1.80. The third kappa shape index (κ3) is 2.87. The molecule has 0 radical (unpaired) electrons. The SMILES string of the molecule is C=N/C(=C\NC)C(C)N. The second kappa shape index (κ2) is 4.09. The summed E-state index contributed by atoms with van der Waals surface area (Å²) in [4.78, 5) is 3.70. The number of hydrogen-bond donors (Lipinski definition) is 2. The highest BCUT2D eigenvalue weighted by atomic mass is 14.9. The van der Waals surface area contributed by atoms with Gasteiger partial charge in [0, 0.05) is 19.3 Å². The molecule has 1 unspecified atom stereocenters. The predicted octanol–water partition coefficient (Wildman–Crippen LogP) is 0.0950. The molecule has 0 aromatic carbocycles. The Morgan fingerprint density at radius 1 is 1.89 bits per heavy atom. The van der Waals surface area contributed by atoms with E-state index in [9.17, 15) is 0 Å². The molecule has 0 aliphatic carbocycles. The highest BCUT2D eigenvalue weighted by Gasteiger charge is 1.96. The summed E-state index contributed by atoms with van der Waals surface area (Å²) in [5.74, 6) is 0. The van der Waals surface area contributed by atoms with Gasteiger partial charge in [0.05, 0.1) is 5.70 Å². The summed E-state index contributed by atoms with van der Waals surface area (Å²) < 4.78 is 0. The molecule has 1 atom stereocenters. The zero-order chi connectivity index (χ0) is 7.28. The molecule has 0 spiro atoms. The van der Waals surface area contributed by atoms with Gasteiger partial charge in [-0.05, 0) is 13.6 Å². The third-order valence-electron chi connectivity index (χ3n) is 0.941. The maximum Gasteiger partial charge on any atom is 0.0716 e. The van der Waals surface area contributed by atoms with E-state index >= 15 is 0 Å². The van der Waals surface area contributed by atoms with Gasteiger partial charge in [-0.3, -0.25) is 4.99 Å². The summed E-state index contributed by atoms with van der Waals surface area (Å²) in [6.45, 7) is 5.22. The van der Waals surface area contributed by atoms with E-state index in [4.69, 9.17) is 5.73 Å². The number of rotatable bonds is 3. The largest absolute Gasteiger partial charge is 0.392 e. The summed E-state index contributed by atoms with van der Waals surface area (Å²) >= 11 is 0. The van der Waals surface area contributed by atoms with Gasteiger partial charge in [0.1, 0.15) is 0 Å². The minimum absolute atomic E-state index is 0.0463. The van der Waals surface area contributed by atoms with Crippen molar-refractivity contribution in [3.05, 3.63) is 11.9 Å². The Morgan fingerprint density at radius 3 is 2.56 bits per heavy atom. The zero-order valence-electron chi connectivity index (χ0n) is 5.89. The highest BCUT2D eigenvalue weighted by Crippen LogP contribution is 1.96. The van der Waals surface area contributed by atoms with Crippen LogP contribution in [0.3, 0.4) is 0 Å². The van der Waals surface area contributed by atoms with Gasteiger partial charge in [0.2, 0.25) is 0 Å². The smallest absolute Gasteiger partial charge is 0.0716 e. The molecule has 0 aliphatic rings. The molecule has 0 saturated heterocycles. The molecule has 0 fully saturated rings. The molecular weight excluding hydrogens is 114 g/mol. The Kier molecular flexibility index (Phi) is 3.71. The first-order valence-corrected chi connectivity index (χ1v) is 2.82. The first-order chi connectivity index (χ1) is 4.22. The van der Waals surface area contributed by atoms with Crippen molar-refractivity contribution in [2.75, 3.05) is 7.05 Å². The number of nitrogens with two attached hydrogens (primary N) is 1. The van der Waals surface area contributed by atoms with Crippen LogP contribution >= 0.6 is 0 Å². The Balaban J connectivity index is 3.97. The molecule has 3 nitrogen and oxygen atoms in total. The molecule has 3 heteroatoms. The van der Waals surface area contributed by atoms with E-state index in [0.29, 0.717) is 0 Å². The lowest BCUT2D eigenvalue weighted by atomic mass is 10.3. The van der Waals surface area contributed by atoms with E-state index in [1.807, 2.05) is 6.92 Å². The molecule has 0 heterocycles. The topological polar surface area (TPSA) is 50.4 Å². The molecule has 0 aliphatic heterocycles. The number of nitrogens with zero attached hydrogens (tertiary/aromatic N) is 1. The molecule has 0 bridgehead atoms. The van der Waals surface area contributed by atoms with Crippen molar-refractivity contribution >= 4 is 6.72 Å². The Bertz CT molecular complexity index is 115. The fraction of sp³-hybridized carbons (Fsp3) is 0.500. The maximum absolute atomic E-state index is 5.49. The van der Waals surface area contributed by atoms with E-state index in [1.165, 1.54) is 0 Å². The molecule has 0 aromatic heterocycles. The van der Waals surface area contributed by atoms with Gasteiger partial charge >= 0.3 is 0 Å². The van der Waals surface area contributed by atoms with Crippen molar-refractivity contribution in [1.82, 2.24) is 5.32 Å². The van der Waals surface area contributed by atoms with Gasteiger partial charge in [0.25, 0.3) is 0 Å². The first kappa shape index (κ1) is 8.17. The average molecular weight is 127 g/mol. The number of hydrogen-bond acceptors (Lipinski definition) is 3. The van der Waals surface area contributed by atoms with Gasteiger partial charge in [0.15, 0.2) is 0 Å². The average Bonchev–Trinajstić information content (AvgIpc) is 1.82. The molecule has 0 aromatic rings. The van der Waals surface area contributed by atoms with Crippen molar-refractivity contribution in [1.29, 1.82) is 0 Å². The molecule has 0 rings (SSSR count). The molecule has 3 N–H and O–H groups in total. The summed E-state index contributed by atoms with van der Waals surface area (Å²) in [6.07, 6.45) is 1.73. The summed E-state index contributed by atoms with van der Waals surface area (Å²) in [5.41, 5.74) is 6.27. The molecular formula is C6H13N3. The third-order valence-corrected chi connectivity index (χ3v) is 0.941. The molecule has 9 heavy (non-hydrogen) atoms. The normalized spacial score (nSPS) is 14.8. The monoisotopic (exact) mass is 127 g/mol. The van der Waals surface area contributed by atoms with Crippen LogP contribution in [0.5, 0.6) is 0 Å². The fourth-order valence-corrected chi connectivity index (χ4v) is 0.469. The minimum atomic E-state index is -0.0463. The Morgan fingerprint density at radius 2 is 2.44 bits per heavy atom. The molecule has 0 amide bonds. The first-order valence-electron chi connectivity index (χ1n) is 2.82. The van der Waals surface area contributed by atoms with Crippen LogP contribution in [0.25, 0.3) is 0 Å². The summed E-state index contributed by atoms with van der Waals surface area (Å²) in [5, 5.41) is 2.82. The van der Waals surface area contributed by atoms with Gasteiger partial charge in [-0.25, -0.2) is 0 Å². The van der Waals surface area contributed by atoms with Crippen LogP contribution in [-0.2, 0) is 0 Å². The van der Waals surface area contributed by atoms with Crippen molar-refractivity contribution < 1.29 is 0 Å². The lowest BCUT2D eigenvalue weighted by Crippen LogP contribution is -2.18. The highest BCUT2D eigenvalue weighted by molar-refractivity contribution is 5.30. The van der Waals surface area contributed by atoms with Crippen LogP contribution in [0.1, 0.15) is 6.92 Å². The quantitative estimate of drug-likeness (QED) is 0.528. The maximum atomic E-state index is 5.49. The van der Waals surface area contributed by atoms with Crippen molar-refractivity contribution in [2.45, 2.75) is 13.0 Å². The summed E-state index contributed by atoms with van der Waals surface area (Å²) in [7, 11) is 1.80. The second-order valence-electron chi connectivity index (χ2n) is 1.80. The van der Waals surface area contributed by atoms with Crippen molar-refractivity contribution in [2.24, 2.45) is 10.7 Å². The fourth-order valence-electron chi connectivity index (χ4n) is 0.469. The van der Waals surface area contributed by atoms with Crippen molar-refractivity contribution in [3.8, 4) is 0 Å². The number of aliphatic imine (C=N–C) groups is 1.